The van der Waals surface area contributed by atoms with E-state index in [9.17, 15) is 19.8 Å². The van der Waals surface area contributed by atoms with Gasteiger partial charge in [0, 0.05) is 24.5 Å². The Hall–Kier alpha value is -4.15. The third kappa shape index (κ3) is 8.95. The highest BCUT2D eigenvalue weighted by molar-refractivity contribution is 6.06. The van der Waals surface area contributed by atoms with Gasteiger partial charge in [0.05, 0.1) is 13.0 Å². The Morgan fingerprint density at radius 3 is 2.44 bits per heavy atom. The van der Waals surface area contributed by atoms with Crippen LogP contribution in [0, 0.1) is 41.4 Å². The fraction of sp³-hybridized carbons (Fsp3) is 0.512. The number of nitrogens with zero attached hydrogens (tertiary/aromatic N) is 1. The summed E-state index contributed by atoms with van der Waals surface area (Å²) in [5.41, 5.74) is 9.77. The first-order valence-electron chi connectivity index (χ1n) is 18.6. The number of hydrogen-bond acceptors (Lipinski definition) is 7. The molecular weight excluding hydrogens is 624 g/mol. The molecule has 2 aromatic carbocycles. The van der Waals surface area contributed by atoms with Gasteiger partial charge in [0.1, 0.15) is 5.82 Å². The molecule has 4 N–H and O–H groups in total. The molecular formula is C43H54N2O5. The van der Waals surface area contributed by atoms with Crippen molar-refractivity contribution < 1.29 is 24.5 Å². The van der Waals surface area contributed by atoms with E-state index in [4.69, 9.17) is 10.5 Å². The fourth-order valence-electron chi connectivity index (χ4n) is 8.51. The van der Waals surface area contributed by atoms with Gasteiger partial charge in [0.25, 0.3) is 0 Å². The first-order valence-corrected chi connectivity index (χ1v) is 18.6. The van der Waals surface area contributed by atoms with E-state index in [0.29, 0.717) is 18.0 Å². The van der Waals surface area contributed by atoms with E-state index < -0.39 is 23.7 Å². The van der Waals surface area contributed by atoms with Gasteiger partial charge in [0.15, 0.2) is 29.2 Å². The number of benzene rings is 2. The zero-order chi connectivity index (χ0) is 35.6. The number of aromatic hydroxyl groups is 1. The highest BCUT2D eigenvalue weighted by Gasteiger charge is 2.45. The van der Waals surface area contributed by atoms with Crippen molar-refractivity contribution in [2.24, 2.45) is 29.6 Å². The summed E-state index contributed by atoms with van der Waals surface area (Å²) >= 11 is 0. The molecule has 1 heterocycles. The number of aliphatic hydroxyl groups excluding tert-OH is 1. The van der Waals surface area contributed by atoms with Crippen LogP contribution in [0.3, 0.4) is 0 Å². The second kappa shape index (κ2) is 17.7. The molecule has 2 aliphatic carbocycles. The average molecular weight is 679 g/mol. The highest BCUT2D eigenvalue weighted by Crippen LogP contribution is 2.46. The second-order valence-corrected chi connectivity index (χ2v) is 14.5. The normalized spacial score (nSPS) is 25.6. The summed E-state index contributed by atoms with van der Waals surface area (Å²) in [4.78, 5) is 32.6. The van der Waals surface area contributed by atoms with E-state index >= 15 is 0 Å². The van der Waals surface area contributed by atoms with Crippen molar-refractivity contribution in [3.05, 3.63) is 83.0 Å². The maximum atomic E-state index is 14.7. The van der Waals surface area contributed by atoms with E-state index in [0.717, 1.165) is 80.0 Å². The number of phenolic OH excluding ortho intramolecular Hbond substituents is 1. The molecule has 2 aliphatic rings. The summed E-state index contributed by atoms with van der Waals surface area (Å²) in [5, 5.41) is 22.5. The summed E-state index contributed by atoms with van der Waals surface area (Å²) in [6, 6.07) is 17.4. The van der Waals surface area contributed by atoms with Crippen LogP contribution in [-0.2, 0) is 22.4 Å². The number of ether oxygens (including phenoxy) is 1. The number of methoxy groups -OCH3 is 1. The van der Waals surface area contributed by atoms with Gasteiger partial charge < -0.3 is 20.7 Å². The molecule has 50 heavy (non-hydrogen) atoms. The molecule has 0 amide bonds. The van der Waals surface area contributed by atoms with Gasteiger partial charge in [0.2, 0.25) is 0 Å². The topological polar surface area (TPSA) is 123 Å². The molecule has 266 valence electrons. The number of hydrogen-bond donors (Lipinski definition) is 3. The van der Waals surface area contributed by atoms with Crippen LogP contribution in [0.5, 0.6) is 11.5 Å². The van der Waals surface area contributed by atoms with Crippen LogP contribution in [0.1, 0.15) is 106 Å². The predicted octanol–water partition coefficient (Wildman–Crippen LogP) is 7.85. The monoisotopic (exact) mass is 678 g/mol. The third-order valence-electron chi connectivity index (χ3n) is 11.0. The van der Waals surface area contributed by atoms with Gasteiger partial charge in [-0.05, 0) is 96.4 Å². The summed E-state index contributed by atoms with van der Waals surface area (Å²) in [7, 11) is 1.49. The van der Waals surface area contributed by atoms with Gasteiger partial charge in [-0.25, -0.2) is 4.98 Å². The number of rotatable bonds is 11. The number of aliphatic hydroxyl groups is 1. The van der Waals surface area contributed by atoms with Crippen LogP contribution in [0.15, 0.2) is 60.8 Å². The van der Waals surface area contributed by atoms with Crippen molar-refractivity contribution in [2.45, 2.75) is 103 Å². The maximum Gasteiger partial charge on any atom is 0.173 e. The van der Waals surface area contributed by atoms with E-state index in [-0.39, 0.29) is 48.0 Å². The van der Waals surface area contributed by atoms with Crippen LogP contribution >= 0.6 is 0 Å². The van der Waals surface area contributed by atoms with Gasteiger partial charge in [-0.2, -0.15) is 0 Å². The Morgan fingerprint density at radius 2 is 1.72 bits per heavy atom. The van der Waals surface area contributed by atoms with Crippen molar-refractivity contribution in [1.82, 2.24) is 4.98 Å². The molecule has 1 aromatic heterocycles. The first-order chi connectivity index (χ1) is 24.2. The lowest BCUT2D eigenvalue weighted by Crippen LogP contribution is -2.42. The van der Waals surface area contributed by atoms with Crippen molar-refractivity contribution in [2.75, 3.05) is 12.8 Å². The average Bonchev–Trinajstić information content (AvgIpc) is 3.25. The number of aromatic nitrogens is 1. The van der Waals surface area contributed by atoms with E-state index in [1.165, 1.54) is 7.11 Å². The van der Waals surface area contributed by atoms with Crippen molar-refractivity contribution >= 4 is 17.4 Å². The van der Waals surface area contributed by atoms with Crippen LogP contribution in [0.4, 0.5) is 5.82 Å². The zero-order valence-electron chi connectivity index (χ0n) is 29.9. The molecule has 5 rings (SSSR count). The van der Waals surface area contributed by atoms with Crippen molar-refractivity contribution in [3.63, 3.8) is 0 Å². The minimum Gasteiger partial charge on any atom is -0.504 e. The van der Waals surface area contributed by atoms with Crippen molar-refractivity contribution in [3.8, 4) is 23.3 Å². The molecule has 0 spiro atoms. The Bertz CT molecular complexity index is 1660. The van der Waals surface area contributed by atoms with Gasteiger partial charge >= 0.3 is 0 Å². The number of pyridine rings is 1. The molecule has 7 heteroatoms. The van der Waals surface area contributed by atoms with Crippen LogP contribution in [0.25, 0.3) is 0 Å². The largest absolute Gasteiger partial charge is 0.504 e. The molecule has 0 aliphatic heterocycles. The second-order valence-electron chi connectivity index (χ2n) is 14.5. The Balaban J connectivity index is 1.70. The number of nitrogens with two attached hydrogens (primary N) is 1. The lowest BCUT2D eigenvalue weighted by molar-refractivity contribution is -0.143. The number of ketones is 2. The zero-order valence-corrected chi connectivity index (χ0v) is 29.9. The van der Waals surface area contributed by atoms with Crippen LogP contribution < -0.4 is 10.5 Å². The lowest BCUT2D eigenvalue weighted by atomic mass is 9.69. The van der Waals surface area contributed by atoms with E-state index in [1.807, 2.05) is 42.5 Å². The molecule has 1 fully saturated rings. The predicted molar refractivity (Wildman–Crippen MR) is 198 cm³/mol. The van der Waals surface area contributed by atoms with Crippen LogP contribution in [-0.4, -0.2) is 40.0 Å². The summed E-state index contributed by atoms with van der Waals surface area (Å²) in [6.07, 6.45) is 9.83. The Kier molecular flexibility index (Phi) is 13.1. The van der Waals surface area contributed by atoms with Crippen LogP contribution in [0.2, 0.25) is 0 Å². The summed E-state index contributed by atoms with van der Waals surface area (Å²) in [5.74, 6) is 6.41. The molecule has 7 nitrogen and oxygen atoms in total. The minimum absolute atomic E-state index is 0.00130. The first kappa shape index (κ1) is 37.1. The van der Waals surface area contributed by atoms with E-state index in [1.54, 1.807) is 18.3 Å². The number of nitrogen functional groups attached to an aromatic ring is 1. The molecule has 3 aromatic rings. The Labute approximate surface area is 298 Å². The summed E-state index contributed by atoms with van der Waals surface area (Å²) in [6.45, 7) is 4.39. The molecule has 7 atom stereocenters. The number of unbranched alkanes of at least 4 members (excludes halogenated alkanes) is 3. The number of anilines is 1. The number of fused-ring (bicyclic) bond motifs is 2. The minimum atomic E-state index is -1.70. The SMILES string of the molecule is CCCCCC1C(CCCC)CC(Cc2ccnc(N)c2)CC2C#CC(c3ccccc3)c3cc(O)c(OC)cc3CCC(=O)C(O)C(=O)C21. The third-order valence-corrected chi connectivity index (χ3v) is 11.0. The Morgan fingerprint density at radius 1 is 0.940 bits per heavy atom. The lowest BCUT2D eigenvalue weighted by Gasteiger charge is -2.34. The number of aryl methyl sites for hydroxylation is 1. The molecule has 7 unspecified atom stereocenters. The van der Waals surface area contributed by atoms with E-state index in [2.05, 4.69) is 30.7 Å². The quantitative estimate of drug-likeness (QED) is 0.107. The number of Topliss-reactive ketones (excluding diaryl/α,β-unsaturated/α-hetero) is 2. The number of carbonyl (C=O) groups is 2. The smallest absolute Gasteiger partial charge is 0.173 e. The number of phenols is 1. The summed E-state index contributed by atoms with van der Waals surface area (Å²) < 4.78 is 5.45. The fourth-order valence-corrected chi connectivity index (χ4v) is 8.51. The molecule has 0 bridgehead atoms. The molecule has 0 radical (unpaired) electrons. The molecule has 0 saturated heterocycles. The molecule has 1 saturated carbocycles. The van der Waals surface area contributed by atoms with Gasteiger partial charge in [-0.15, -0.1) is 0 Å². The van der Waals surface area contributed by atoms with Crippen molar-refractivity contribution in [1.29, 1.82) is 0 Å². The number of carbonyl (C=O) groups excluding carboxylic acids is 2. The highest BCUT2D eigenvalue weighted by atomic mass is 16.5. The van der Waals surface area contributed by atoms with Gasteiger partial charge in [-0.3, -0.25) is 9.59 Å². The maximum absolute atomic E-state index is 14.7. The standard InChI is InChI=1S/C43H54N2O5/c1-4-6-9-15-35-31(12-7-5-2)23-29(22-28-20-21-45-40(44)25-28)24-33-16-18-34(30-13-10-8-11-14-30)36-27-38(47)39(50-3)26-32(36)17-19-37(46)42(48)43(49)41(33)35/h8,10-11,13-14,20-21,25-27,29,31,33-35,41-42,47-48H,4-7,9,12,15,17,19,22-24H2,1-3H3,(H2,44,45). The van der Waals surface area contributed by atoms with Gasteiger partial charge in [-0.1, -0.05) is 94.5 Å².